The Hall–Kier alpha value is -2.06. The van der Waals surface area contributed by atoms with Gasteiger partial charge in [0, 0.05) is 5.56 Å². The molecule has 0 fully saturated rings. The second-order valence-electron chi connectivity index (χ2n) is 5.64. The van der Waals surface area contributed by atoms with Gasteiger partial charge >= 0.3 is 0 Å². The quantitative estimate of drug-likeness (QED) is 0.811. The van der Waals surface area contributed by atoms with Gasteiger partial charge in [0.1, 0.15) is 11.9 Å². The monoisotopic (exact) mass is 282 g/mol. The maximum absolute atomic E-state index is 10.3. The molecular weight excluding hydrogens is 260 g/mol. The highest BCUT2D eigenvalue weighted by atomic mass is 16.3. The molecule has 2 aromatic rings. The van der Waals surface area contributed by atoms with E-state index < -0.39 is 6.10 Å². The first-order valence-electron chi connectivity index (χ1n) is 7.12. The van der Waals surface area contributed by atoms with Crippen LogP contribution in [0, 0.1) is 27.7 Å². The predicted molar refractivity (Wildman–Crippen MR) is 87.4 cm³/mol. The SMILES string of the molecule is Cc1ccc(C(O)=CC(O)c2ccc(C)c(C)c2)cc1C. The third-order valence-corrected chi connectivity index (χ3v) is 3.99. The predicted octanol–water partition coefficient (Wildman–Crippen LogP) is 4.55. The van der Waals surface area contributed by atoms with Gasteiger partial charge in [0.05, 0.1) is 0 Å². The lowest BCUT2D eigenvalue weighted by Crippen LogP contribution is -1.97. The van der Waals surface area contributed by atoms with Crippen molar-refractivity contribution in [3.05, 3.63) is 75.9 Å². The van der Waals surface area contributed by atoms with Crippen LogP contribution in [0.1, 0.15) is 39.5 Å². The van der Waals surface area contributed by atoms with Gasteiger partial charge in [0.25, 0.3) is 0 Å². The number of aryl methyl sites for hydroxylation is 4. The summed E-state index contributed by atoms with van der Waals surface area (Å²) < 4.78 is 0. The van der Waals surface area contributed by atoms with Crippen molar-refractivity contribution in [3.63, 3.8) is 0 Å². The summed E-state index contributed by atoms with van der Waals surface area (Å²) in [6, 6.07) is 11.6. The van der Waals surface area contributed by atoms with Gasteiger partial charge in [-0.3, -0.25) is 0 Å². The van der Waals surface area contributed by atoms with Crippen LogP contribution in [0.25, 0.3) is 5.76 Å². The Balaban J connectivity index is 2.28. The van der Waals surface area contributed by atoms with E-state index in [9.17, 15) is 10.2 Å². The van der Waals surface area contributed by atoms with E-state index >= 15 is 0 Å². The number of benzene rings is 2. The third kappa shape index (κ3) is 3.53. The minimum Gasteiger partial charge on any atom is -0.508 e. The van der Waals surface area contributed by atoms with Crippen LogP contribution in [0.4, 0.5) is 0 Å². The molecule has 21 heavy (non-hydrogen) atoms. The Morgan fingerprint density at radius 1 is 0.857 bits per heavy atom. The van der Waals surface area contributed by atoms with Crippen molar-refractivity contribution in [1.82, 2.24) is 0 Å². The van der Waals surface area contributed by atoms with E-state index in [1.807, 2.05) is 64.1 Å². The highest BCUT2D eigenvalue weighted by Gasteiger charge is 2.09. The molecule has 1 atom stereocenters. The van der Waals surface area contributed by atoms with Gasteiger partial charge in [-0.15, -0.1) is 0 Å². The molecule has 2 heteroatoms. The molecular formula is C19H22O2. The van der Waals surface area contributed by atoms with Crippen molar-refractivity contribution in [1.29, 1.82) is 0 Å². The molecule has 0 aliphatic rings. The molecule has 0 saturated carbocycles. The lowest BCUT2D eigenvalue weighted by atomic mass is 10.0. The number of hydrogen-bond acceptors (Lipinski definition) is 2. The fraction of sp³-hybridized carbons (Fsp3) is 0.263. The van der Waals surface area contributed by atoms with Crippen molar-refractivity contribution in [2.24, 2.45) is 0 Å². The van der Waals surface area contributed by atoms with Gasteiger partial charge in [0.2, 0.25) is 0 Å². The molecule has 2 aromatic carbocycles. The lowest BCUT2D eigenvalue weighted by Gasteiger charge is -2.11. The Labute approximate surface area is 126 Å². The van der Waals surface area contributed by atoms with Crippen molar-refractivity contribution >= 4 is 5.76 Å². The maximum atomic E-state index is 10.3. The summed E-state index contributed by atoms with van der Waals surface area (Å²) in [7, 11) is 0. The second-order valence-corrected chi connectivity index (χ2v) is 5.64. The van der Waals surface area contributed by atoms with Crippen molar-refractivity contribution in [2.75, 3.05) is 0 Å². The summed E-state index contributed by atoms with van der Waals surface area (Å²) in [4.78, 5) is 0. The highest BCUT2D eigenvalue weighted by molar-refractivity contribution is 5.60. The number of aliphatic hydroxyl groups is 2. The highest BCUT2D eigenvalue weighted by Crippen LogP contribution is 2.23. The molecule has 2 rings (SSSR count). The number of hydrogen-bond donors (Lipinski definition) is 2. The molecule has 0 heterocycles. The van der Waals surface area contributed by atoms with E-state index in [-0.39, 0.29) is 5.76 Å². The first kappa shape index (κ1) is 15.3. The zero-order chi connectivity index (χ0) is 15.6. The van der Waals surface area contributed by atoms with Gasteiger partial charge in [-0.05, 0) is 67.7 Å². The summed E-state index contributed by atoms with van der Waals surface area (Å²) in [5, 5.41) is 20.4. The number of aliphatic hydroxyl groups excluding tert-OH is 2. The van der Waals surface area contributed by atoms with E-state index in [2.05, 4.69) is 0 Å². The molecule has 110 valence electrons. The summed E-state index contributed by atoms with van der Waals surface area (Å²) >= 11 is 0. The summed E-state index contributed by atoms with van der Waals surface area (Å²) in [5.74, 6) is 0.101. The van der Waals surface area contributed by atoms with Crippen molar-refractivity contribution in [3.8, 4) is 0 Å². The fourth-order valence-corrected chi connectivity index (χ4v) is 2.19. The topological polar surface area (TPSA) is 40.5 Å². The Kier molecular flexibility index (Phi) is 4.49. The largest absolute Gasteiger partial charge is 0.508 e. The minimum absolute atomic E-state index is 0.101. The molecule has 0 aromatic heterocycles. The van der Waals surface area contributed by atoms with Crippen LogP contribution in [-0.2, 0) is 0 Å². The smallest absolute Gasteiger partial charge is 0.121 e. The van der Waals surface area contributed by atoms with Crippen LogP contribution in [0.5, 0.6) is 0 Å². The standard InChI is InChI=1S/C19H22O2/c1-12-5-7-16(9-14(12)3)18(20)11-19(21)17-8-6-13(2)15(4)10-17/h5-11,18,20-21H,1-4H3. The zero-order valence-electron chi connectivity index (χ0n) is 13.0. The normalized spacial score (nSPS) is 13.3. The van der Waals surface area contributed by atoms with E-state index in [1.165, 1.54) is 17.2 Å². The average Bonchev–Trinajstić information content (AvgIpc) is 2.44. The summed E-state index contributed by atoms with van der Waals surface area (Å²) in [6.45, 7) is 8.09. The van der Waals surface area contributed by atoms with Crippen molar-refractivity contribution < 1.29 is 10.2 Å². The Morgan fingerprint density at radius 2 is 1.43 bits per heavy atom. The van der Waals surface area contributed by atoms with E-state index in [4.69, 9.17) is 0 Å². The molecule has 0 aliphatic carbocycles. The molecule has 0 saturated heterocycles. The second kappa shape index (κ2) is 6.15. The summed E-state index contributed by atoms with van der Waals surface area (Å²) in [6.07, 6.45) is 0.666. The molecule has 0 radical (unpaired) electrons. The first-order chi connectivity index (χ1) is 9.88. The van der Waals surface area contributed by atoms with Crippen LogP contribution in [-0.4, -0.2) is 10.2 Å². The molecule has 0 aliphatic heterocycles. The molecule has 2 nitrogen and oxygen atoms in total. The van der Waals surface area contributed by atoms with E-state index in [1.54, 1.807) is 0 Å². The first-order valence-corrected chi connectivity index (χ1v) is 7.12. The van der Waals surface area contributed by atoms with Crippen LogP contribution in [0.2, 0.25) is 0 Å². The van der Waals surface area contributed by atoms with Gasteiger partial charge < -0.3 is 10.2 Å². The fourth-order valence-electron chi connectivity index (χ4n) is 2.19. The van der Waals surface area contributed by atoms with Crippen molar-refractivity contribution in [2.45, 2.75) is 33.8 Å². The average molecular weight is 282 g/mol. The molecule has 1 unspecified atom stereocenters. The van der Waals surface area contributed by atoms with Crippen LogP contribution < -0.4 is 0 Å². The van der Waals surface area contributed by atoms with Gasteiger partial charge in [-0.25, -0.2) is 0 Å². The molecule has 0 bridgehead atoms. The zero-order valence-corrected chi connectivity index (χ0v) is 13.0. The van der Waals surface area contributed by atoms with Gasteiger partial charge in [-0.2, -0.15) is 0 Å². The minimum atomic E-state index is -0.814. The van der Waals surface area contributed by atoms with Crippen LogP contribution >= 0.6 is 0 Å². The maximum Gasteiger partial charge on any atom is 0.121 e. The van der Waals surface area contributed by atoms with Gasteiger partial charge in [-0.1, -0.05) is 30.3 Å². The third-order valence-electron chi connectivity index (χ3n) is 3.99. The molecule has 0 amide bonds. The Morgan fingerprint density at radius 3 is 2.00 bits per heavy atom. The molecule has 0 spiro atoms. The van der Waals surface area contributed by atoms with Gasteiger partial charge in [0.15, 0.2) is 0 Å². The summed E-state index contributed by atoms with van der Waals surface area (Å²) in [5.41, 5.74) is 6.13. The lowest BCUT2D eigenvalue weighted by molar-refractivity contribution is 0.227. The molecule has 2 N–H and O–H groups in total. The Bertz CT molecular complexity index is 684. The number of rotatable bonds is 3. The van der Waals surface area contributed by atoms with Crippen LogP contribution in [0.15, 0.2) is 42.5 Å². The van der Waals surface area contributed by atoms with E-state index in [0.717, 1.165) is 22.3 Å². The van der Waals surface area contributed by atoms with Crippen LogP contribution in [0.3, 0.4) is 0 Å². The van der Waals surface area contributed by atoms with E-state index in [0.29, 0.717) is 0 Å².